The molecule has 7 heteroatoms. The van der Waals surface area contributed by atoms with Crippen molar-refractivity contribution in [1.82, 2.24) is 19.7 Å². The number of carbonyl (C=O) groups excluding carboxylic acids is 1. The number of rotatable bonds is 3. The van der Waals surface area contributed by atoms with Gasteiger partial charge in [0.2, 0.25) is 11.8 Å². The Balaban J connectivity index is 1.43. The van der Waals surface area contributed by atoms with Crippen LogP contribution in [0.3, 0.4) is 0 Å². The molecule has 7 nitrogen and oxygen atoms in total. The molecule has 1 atom stereocenters. The zero-order valence-corrected chi connectivity index (χ0v) is 13.6. The number of aromatic nitrogens is 3. The third-order valence-electron chi connectivity index (χ3n) is 4.36. The van der Waals surface area contributed by atoms with Gasteiger partial charge < -0.3 is 14.4 Å². The lowest BCUT2D eigenvalue weighted by Crippen LogP contribution is -2.31. The number of pyridine rings is 1. The van der Waals surface area contributed by atoms with Crippen molar-refractivity contribution in [2.45, 2.75) is 32.4 Å². The highest BCUT2D eigenvalue weighted by atomic mass is 16.5. The summed E-state index contributed by atoms with van der Waals surface area (Å²) in [5.74, 6) is 1.16. The second kappa shape index (κ2) is 6.14. The minimum absolute atomic E-state index is 0.0319. The molecule has 0 aromatic carbocycles. The average molecular weight is 328 g/mol. The van der Waals surface area contributed by atoms with Crippen molar-refractivity contribution in [3.8, 4) is 11.8 Å². The van der Waals surface area contributed by atoms with E-state index in [-0.39, 0.29) is 12.0 Å². The van der Waals surface area contributed by atoms with Gasteiger partial charge in [0, 0.05) is 37.7 Å². The highest BCUT2D eigenvalue weighted by Crippen LogP contribution is 2.26. The molecule has 4 rings (SSSR count). The number of likely N-dealkylation sites (tertiary alicyclic amines) is 1. The summed E-state index contributed by atoms with van der Waals surface area (Å²) in [7, 11) is 0. The molecule has 2 aromatic rings. The molecule has 0 aliphatic carbocycles. The third-order valence-corrected chi connectivity index (χ3v) is 4.36. The first-order valence-electron chi connectivity index (χ1n) is 8.29. The quantitative estimate of drug-likeness (QED) is 0.857. The third kappa shape index (κ3) is 2.81. The van der Waals surface area contributed by atoms with E-state index in [0.29, 0.717) is 37.0 Å². The van der Waals surface area contributed by atoms with E-state index in [1.165, 1.54) is 0 Å². The molecule has 2 aliphatic rings. The Bertz CT molecular complexity index is 758. The molecule has 1 fully saturated rings. The first-order valence-corrected chi connectivity index (χ1v) is 8.29. The molecule has 1 amide bonds. The maximum atomic E-state index is 12.8. The molecule has 0 bridgehead atoms. The van der Waals surface area contributed by atoms with Gasteiger partial charge in [-0.1, -0.05) is 6.07 Å². The van der Waals surface area contributed by atoms with Crippen LogP contribution in [0.5, 0.6) is 11.8 Å². The van der Waals surface area contributed by atoms with Crippen LogP contribution in [0.15, 0.2) is 24.4 Å². The number of hydrogen-bond donors (Lipinski definition) is 0. The number of fused-ring (bicyclic) bond motifs is 1. The fraction of sp³-hybridized carbons (Fsp3) is 0.471. The minimum Gasteiger partial charge on any atom is -0.477 e. The molecule has 24 heavy (non-hydrogen) atoms. The Kier molecular flexibility index (Phi) is 3.84. The zero-order valence-electron chi connectivity index (χ0n) is 13.6. The summed E-state index contributed by atoms with van der Waals surface area (Å²) in [6.45, 7) is 4.59. The molecular formula is C17H20N4O3. The van der Waals surface area contributed by atoms with E-state index < -0.39 is 0 Å². The summed E-state index contributed by atoms with van der Waals surface area (Å²) in [5, 5.41) is 4.25. The smallest absolute Gasteiger partial charge is 0.261 e. The van der Waals surface area contributed by atoms with Crippen LogP contribution in [0.1, 0.15) is 28.9 Å². The van der Waals surface area contributed by atoms with Gasteiger partial charge in [0.15, 0.2) is 0 Å². The Morgan fingerprint density at radius 3 is 3.17 bits per heavy atom. The Labute approximate surface area is 140 Å². The van der Waals surface area contributed by atoms with Crippen LogP contribution in [0.4, 0.5) is 0 Å². The van der Waals surface area contributed by atoms with Gasteiger partial charge in [-0.25, -0.2) is 9.67 Å². The van der Waals surface area contributed by atoms with E-state index in [2.05, 4.69) is 10.1 Å². The Morgan fingerprint density at radius 1 is 1.38 bits per heavy atom. The average Bonchev–Trinajstić information content (AvgIpc) is 3.21. The summed E-state index contributed by atoms with van der Waals surface area (Å²) in [4.78, 5) is 18.9. The van der Waals surface area contributed by atoms with Gasteiger partial charge in [0.25, 0.3) is 5.91 Å². The van der Waals surface area contributed by atoms with Crippen LogP contribution in [0, 0.1) is 6.92 Å². The number of hydrogen-bond acceptors (Lipinski definition) is 5. The van der Waals surface area contributed by atoms with E-state index >= 15 is 0 Å². The SMILES string of the molecule is Cc1cccc(OC2CCN(C(=O)c3cnn4c3OCCC4)C2)n1. The standard InChI is InChI=1S/C17H20N4O3/c1-12-4-2-5-15(19-12)24-13-6-8-20(11-13)16(22)14-10-18-21-7-3-9-23-17(14)21/h2,4-5,10,13H,3,6-9,11H2,1H3. The zero-order chi connectivity index (χ0) is 16.5. The van der Waals surface area contributed by atoms with Crippen LogP contribution in [0.2, 0.25) is 0 Å². The molecule has 2 aromatic heterocycles. The number of ether oxygens (including phenoxy) is 2. The van der Waals surface area contributed by atoms with Gasteiger partial charge in [-0.2, -0.15) is 5.10 Å². The molecule has 1 saturated heterocycles. The molecule has 0 saturated carbocycles. The Hall–Kier alpha value is -2.57. The van der Waals surface area contributed by atoms with Gasteiger partial charge >= 0.3 is 0 Å². The van der Waals surface area contributed by atoms with Crippen molar-refractivity contribution in [2.24, 2.45) is 0 Å². The van der Waals surface area contributed by atoms with Crippen LogP contribution in [-0.2, 0) is 6.54 Å². The largest absolute Gasteiger partial charge is 0.477 e. The lowest BCUT2D eigenvalue weighted by molar-refractivity contribution is 0.0764. The Morgan fingerprint density at radius 2 is 2.29 bits per heavy atom. The first-order chi connectivity index (χ1) is 11.7. The van der Waals surface area contributed by atoms with E-state index in [0.717, 1.165) is 25.1 Å². The second-order valence-electron chi connectivity index (χ2n) is 6.19. The van der Waals surface area contributed by atoms with Crippen molar-refractivity contribution >= 4 is 5.91 Å². The lowest BCUT2D eigenvalue weighted by Gasteiger charge is -2.19. The van der Waals surface area contributed by atoms with Gasteiger partial charge in [-0.05, 0) is 13.0 Å². The van der Waals surface area contributed by atoms with Gasteiger partial charge in [0.05, 0.1) is 19.3 Å². The molecule has 1 unspecified atom stereocenters. The maximum Gasteiger partial charge on any atom is 0.261 e. The number of amides is 1. The highest BCUT2D eigenvalue weighted by molar-refractivity contribution is 5.96. The van der Waals surface area contributed by atoms with Crippen LogP contribution in [-0.4, -0.2) is 51.4 Å². The minimum atomic E-state index is -0.0403. The van der Waals surface area contributed by atoms with Crippen LogP contribution in [0.25, 0.3) is 0 Å². The predicted octanol–water partition coefficient (Wildman–Crippen LogP) is 1.66. The van der Waals surface area contributed by atoms with Crippen LogP contribution >= 0.6 is 0 Å². The summed E-state index contributed by atoms with van der Waals surface area (Å²) >= 11 is 0. The summed E-state index contributed by atoms with van der Waals surface area (Å²) in [5.41, 5.74) is 1.46. The monoisotopic (exact) mass is 328 g/mol. The molecule has 4 heterocycles. The second-order valence-corrected chi connectivity index (χ2v) is 6.19. The fourth-order valence-electron chi connectivity index (χ4n) is 3.15. The summed E-state index contributed by atoms with van der Waals surface area (Å²) in [6.07, 6.45) is 3.30. The van der Waals surface area contributed by atoms with E-state index in [4.69, 9.17) is 9.47 Å². The molecule has 126 valence electrons. The topological polar surface area (TPSA) is 69.5 Å². The van der Waals surface area contributed by atoms with Crippen molar-refractivity contribution in [2.75, 3.05) is 19.7 Å². The molecule has 0 spiro atoms. The predicted molar refractivity (Wildman–Crippen MR) is 86.2 cm³/mol. The van der Waals surface area contributed by atoms with E-state index in [1.807, 2.05) is 25.1 Å². The maximum absolute atomic E-state index is 12.8. The van der Waals surface area contributed by atoms with Gasteiger partial charge in [-0.15, -0.1) is 0 Å². The van der Waals surface area contributed by atoms with E-state index in [1.54, 1.807) is 15.8 Å². The fourth-order valence-corrected chi connectivity index (χ4v) is 3.15. The first kappa shape index (κ1) is 15.0. The molecular weight excluding hydrogens is 308 g/mol. The van der Waals surface area contributed by atoms with E-state index in [9.17, 15) is 4.79 Å². The molecule has 0 N–H and O–H groups in total. The number of carbonyl (C=O) groups is 1. The normalized spacial score (nSPS) is 19.7. The van der Waals surface area contributed by atoms with Gasteiger partial charge in [-0.3, -0.25) is 4.79 Å². The van der Waals surface area contributed by atoms with Crippen molar-refractivity contribution in [3.05, 3.63) is 35.7 Å². The molecule has 2 aliphatic heterocycles. The number of nitrogens with zero attached hydrogens (tertiary/aromatic N) is 4. The highest BCUT2D eigenvalue weighted by Gasteiger charge is 2.32. The summed E-state index contributed by atoms with van der Waals surface area (Å²) in [6, 6.07) is 5.70. The molecule has 0 radical (unpaired) electrons. The van der Waals surface area contributed by atoms with Crippen LogP contribution < -0.4 is 9.47 Å². The van der Waals surface area contributed by atoms with Crippen molar-refractivity contribution < 1.29 is 14.3 Å². The van der Waals surface area contributed by atoms with Crippen molar-refractivity contribution in [1.29, 1.82) is 0 Å². The van der Waals surface area contributed by atoms with Gasteiger partial charge in [0.1, 0.15) is 11.7 Å². The lowest BCUT2D eigenvalue weighted by atomic mass is 10.3. The summed E-state index contributed by atoms with van der Waals surface area (Å²) < 4.78 is 13.3. The van der Waals surface area contributed by atoms with Crippen molar-refractivity contribution in [3.63, 3.8) is 0 Å². The number of aryl methyl sites for hydroxylation is 2.